The standard InChI is InChI=1S/C26H25ClN6O4/c1-16-9-11-31(12-10-16)23-7-3-17(13-24(23)33(35)36)26(34)28-18-4-6-21-22(14-18)30-32(29-21)19-5-8-25(37-2)20(27)15-19/h3-8,13-16H,9-12H2,1-2H3,(H,28,34). The predicted molar refractivity (Wildman–Crippen MR) is 142 cm³/mol. The number of benzene rings is 3. The van der Waals surface area contributed by atoms with Crippen molar-refractivity contribution in [3.63, 3.8) is 0 Å². The monoisotopic (exact) mass is 520 g/mol. The van der Waals surface area contributed by atoms with Gasteiger partial charge >= 0.3 is 0 Å². The molecule has 1 N–H and O–H groups in total. The first-order valence-corrected chi connectivity index (χ1v) is 12.3. The quantitative estimate of drug-likeness (QED) is 0.264. The summed E-state index contributed by atoms with van der Waals surface area (Å²) < 4.78 is 5.18. The summed E-state index contributed by atoms with van der Waals surface area (Å²) >= 11 is 6.22. The van der Waals surface area contributed by atoms with Crippen LogP contribution in [0.2, 0.25) is 5.02 Å². The molecule has 10 nitrogen and oxygen atoms in total. The van der Waals surface area contributed by atoms with E-state index in [4.69, 9.17) is 16.3 Å². The van der Waals surface area contributed by atoms with Crippen LogP contribution < -0.4 is 15.0 Å². The zero-order valence-corrected chi connectivity index (χ0v) is 21.1. The largest absolute Gasteiger partial charge is 0.495 e. The van der Waals surface area contributed by atoms with Crippen LogP contribution >= 0.6 is 11.6 Å². The van der Waals surface area contributed by atoms with E-state index in [1.165, 1.54) is 10.9 Å². The van der Waals surface area contributed by atoms with Gasteiger partial charge in [0.2, 0.25) is 0 Å². The number of ether oxygens (including phenoxy) is 1. The van der Waals surface area contributed by atoms with E-state index in [0.717, 1.165) is 25.9 Å². The minimum absolute atomic E-state index is 0.0706. The summed E-state index contributed by atoms with van der Waals surface area (Å²) in [4.78, 5) is 27.8. The Balaban J connectivity index is 1.36. The summed E-state index contributed by atoms with van der Waals surface area (Å²) in [6.07, 6.45) is 1.97. The molecule has 0 saturated carbocycles. The third-order valence-corrected chi connectivity index (χ3v) is 6.86. The summed E-state index contributed by atoms with van der Waals surface area (Å²) in [6, 6.07) is 15.0. The number of nitrogens with one attached hydrogen (secondary N) is 1. The molecular formula is C26H25ClN6O4. The topological polar surface area (TPSA) is 115 Å². The Hall–Kier alpha value is -4.18. The third-order valence-electron chi connectivity index (χ3n) is 6.56. The zero-order valence-electron chi connectivity index (χ0n) is 20.3. The number of fused-ring (bicyclic) bond motifs is 1. The number of nitro benzene ring substituents is 1. The number of piperidine rings is 1. The Morgan fingerprint density at radius 3 is 2.54 bits per heavy atom. The van der Waals surface area contributed by atoms with E-state index >= 15 is 0 Å². The summed E-state index contributed by atoms with van der Waals surface area (Å²) in [5.41, 5.74) is 3.02. The molecule has 190 valence electrons. The van der Waals surface area contributed by atoms with Gasteiger partial charge in [0.15, 0.2) is 0 Å². The van der Waals surface area contributed by atoms with Gasteiger partial charge in [-0.25, -0.2) is 0 Å². The summed E-state index contributed by atoms with van der Waals surface area (Å²) in [7, 11) is 1.54. The lowest BCUT2D eigenvalue weighted by molar-refractivity contribution is -0.384. The van der Waals surface area contributed by atoms with E-state index in [1.807, 2.05) is 4.90 Å². The molecule has 1 aliphatic heterocycles. The first-order valence-electron chi connectivity index (χ1n) is 11.9. The highest BCUT2D eigenvalue weighted by molar-refractivity contribution is 6.32. The van der Waals surface area contributed by atoms with Crippen molar-refractivity contribution in [2.24, 2.45) is 5.92 Å². The molecule has 1 aromatic heterocycles. The second-order valence-electron chi connectivity index (χ2n) is 9.10. The number of rotatable bonds is 6. The molecule has 11 heteroatoms. The number of hydrogen-bond donors (Lipinski definition) is 1. The minimum atomic E-state index is -0.449. The third kappa shape index (κ3) is 5.05. The van der Waals surface area contributed by atoms with Crippen LogP contribution in [0.5, 0.6) is 5.75 Å². The second kappa shape index (κ2) is 10.1. The van der Waals surface area contributed by atoms with Crippen LogP contribution in [0.4, 0.5) is 17.1 Å². The van der Waals surface area contributed by atoms with Gasteiger partial charge in [0.05, 0.1) is 22.7 Å². The molecule has 3 aromatic carbocycles. The Morgan fingerprint density at radius 1 is 1.08 bits per heavy atom. The van der Waals surface area contributed by atoms with E-state index < -0.39 is 10.8 Å². The van der Waals surface area contributed by atoms with Crippen molar-refractivity contribution < 1.29 is 14.5 Å². The van der Waals surface area contributed by atoms with E-state index in [0.29, 0.717) is 44.8 Å². The molecular weight excluding hydrogens is 496 g/mol. The van der Waals surface area contributed by atoms with Crippen LogP contribution in [-0.4, -0.2) is 46.0 Å². The molecule has 1 fully saturated rings. The van der Waals surface area contributed by atoms with Crippen molar-refractivity contribution in [3.05, 3.63) is 75.3 Å². The van der Waals surface area contributed by atoms with Crippen molar-refractivity contribution in [2.75, 3.05) is 30.4 Å². The molecule has 1 aliphatic rings. The molecule has 0 spiro atoms. The summed E-state index contributed by atoms with van der Waals surface area (Å²) in [5, 5.41) is 24.0. The number of nitro groups is 1. The van der Waals surface area contributed by atoms with E-state index in [-0.39, 0.29) is 11.3 Å². The lowest BCUT2D eigenvalue weighted by atomic mass is 9.98. The number of carbonyl (C=O) groups excluding carboxylic acids is 1. The highest BCUT2D eigenvalue weighted by atomic mass is 35.5. The number of aromatic nitrogens is 3. The number of hydrogen-bond acceptors (Lipinski definition) is 7. The van der Waals surface area contributed by atoms with Crippen LogP contribution in [0, 0.1) is 16.0 Å². The molecule has 0 aliphatic carbocycles. The second-order valence-corrected chi connectivity index (χ2v) is 9.50. The number of amides is 1. The zero-order chi connectivity index (χ0) is 26.1. The average molecular weight is 521 g/mol. The fourth-order valence-corrected chi connectivity index (χ4v) is 4.67. The van der Waals surface area contributed by atoms with Crippen molar-refractivity contribution in [1.29, 1.82) is 0 Å². The number of halogens is 1. The molecule has 5 rings (SSSR count). The van der Waals surface area contributed by atoms with Crippen molar-refractivity contribution in [1.82, 2.24) is 15.0 Å². The maximum Gasteiger partial charge on any atom is 0.293 e. The van der Waals surface area contributed by atoms with Crippen LogP contribution in [0.3, 0.4) is 0 Å². The fourth-order valence-electron chi connectivity index (χ4n) is 4.42. The van der Waals surface area contributed by atoms with E-state index in [9.17, 15) is 14.9 Å². The van der Waals surface area contributed by atoms with Crippen molar-refractivity contribution in [3.8, 4) is 11.4 Å². The molecule has 0 radical (unpaired) electrons. The number of carbonyl (C=O) groups is 1. The number of methoxy groups -OCH3 is 1. The van der Waals surface area contributed by atoms with Crippen molar-refractivity contribution >= 4 is 45.6 Å². The molecule has 2 heterocycles. The summed E-state index contributed by atoms with van der Waals surface area (Å²) in [6.45, 7) is 3.71. The molecule has 0 bridgehead atoms. The molecule has 0 atom stereocenters. The Bertz CT molecular complexity index is 1500. The first kappa shape index (κ1) is 24.5. The van der Waals surface area contributed by atoms with Gasteiger partial charge in [0, 0.05) is 30.4 Å². The maximum absolute atomic E-state index is 13.0. The van der Waals surface area contributed by atoms with Gasteiger partial charge in [-0.05, 0) is 67.3 Å². The van der Waals surface area contributed by atoms with Crippen LogP contribution in [0.25, 0.3) is 16.7 Å². The molecule has 0 unspecified atom stereocenters. The van der Waals surface area contributed by atoms with Gasteiger partial charge in [-0.1, -0.05) is 18.5 Å². The average Bonchev–Trinajstić information content (AvgIpc) is 3.32. The van der Waals surface area contributed by atoms with Gasteiger partial charge in [0.1, 0.15) is 22.5 Å². The molecule has 1 saturated heterocycles. The minimum Gasteiger partial charge on any atom is -0.495 e. The SMILES string of the molecule is COc1ccc(-n2nc3ccc(NC(=O)c4ccc(N5CCC(C)CC5)c([N+](=O)[O-])c4)cc3n2)cc1Cl. The lowest BCUT2D eigenvalue weighted by Crippen LogP contribution is -2.33. The predicted octanol–water partition coefficient (Wildman–Crippen LogP) is 5.48. The normalized spacial score (nSPS) is 14.1. The Morgan fingerprint density at radius 2 is 1.84 bits per heavy atom. The van der Waals surface area contributed by atoms with Crippen LogP contribution in [-0.2, 0) is 0 Å². The Kier molecular flexibility index (Phi) is 6.66. The highest BCUT2D eigenvalue weighted by Crippen LogP contribution is 2.33. The van der Waals surface area contributed by atoms with Gasteiger partial charge in [0.25, 0.3) is 11.6 Å². The van der Waals surface area contributed by atoms with Gasteiger partial charge in [-0.2, -0.15) is 4.80 Å². The van der Waals surface area contributed by atoms with Crippen LogP contribution in [0.1, 0.15) is 30.1 Å². The summed E-state index contributed by atoms with van der Waals surface area (Å²) in [5.74, 6) is 0.704. The first-order chi connectivity index (χ1) is 17.8. The van der Waals surface area contributed by atoms with E-state index in [2.05, 4.69) is 22.4 Å². The lowest BCUT2D eigenvalue weighted by Gasteiger charge is -2.31. The van der Waals surface area contributed by atoms with Gasteiger partial charge in [-0.15, -0.1) is 10.2 Å². The molecule has 1 amide bonds. The highest BCUT2D eigenvalue weighted by Gasteiger charge is 2.25. The fraction of sp³-hybridized carbons (Fsp3) is 0.269. The smallest absolute Gasteiger partial charge is 0.293 e. The Labute approximate surface area is 217 Å². The van der Waals surface area contributed by atoms with Gasteiger partial charge in [-0.3, -0.25) is 14.9 Å². The van der Waals surface area contributed by atoms with Crippen LogP contribution in [0.15, 0.2) is 54.6 Å². The van der Waals surface area contributed by atoms with Crippen molar-refractivity contribution in [2.45, 2.75) is 19.8 Å². The van der Waals surface area contributed by atoms with Gasteiger partial charge < -0.3 is 15.0 Å². The maximum atomic E-state index is 13.0. The number of nitrogens with zero attached hydrogens (tertiary/aromatic N) is 5. The molecule has 37 heavy (non-hydrogen) atoms. The molecule has 4 aromatic rings. The van der Waals surface area contributed by atoms with E-state index in [1.54, 1.807) is 55.6 Å². The number of anilines is 2.